The molecule has 158 valence electrons. The summed E-state index contributed by atoms with van der Waals surface area (Å²) in [5.74, 6) is 1.02. The van der Waals surface area contributed by atoms with Gasteiger partial charge in [-0.2, -0.15) is 5.10 Å². The molecule has 0 saturated heterocycles. The molecule has 0 aliphatic carbocycles. The summed E-state index contributed by atoms with van der Waals surface area (Å²) >= 11 is 0. The van der Waals surface area contributed by atoms with Crippen LogP contribution in [0.1, 0.15) is 0 Å². The van der Waals surface area contributed by atoms with Crippen molar-refractivity contribution in [2.75, 3.05) is 19.5 Å². The Balaban J connectivity index is 1.60. The zero-order chi connectivity index (χ0) is 22.0. The normalized spacial score (nSPS) is 10.8. The number of carbonyl (C=O) groups is 1. The Hall–Kier alpha value is -4.14. The molecule has 9 heteroatoms. The summed E-state index contributed by atoms with van der Waals surface area (Å²) in [5.41, 5.74) is 1.09. The van der Waals surface area contributed by atoms with Crippen LogP contribution in [0.3, 0.4) is 0 Å². The number of aromatic nitrogens is 4. The highest BCUT2D eigenvalue weighted by Gasteiger charge is 2.16. The first-order valence-corrected chi connectivity index (χ1v) is 9.53. The van der Waals surface area contributed by atoms with Crippen molar-refractivity contribution in [3.05, 3.63) is 65.0 Å². The van der Waals surface area contributed by atoms with Gasteiger partial charge in [-0.3, -0.25) is 14.3 Å². The first-order valence-electron chi connectivity index (χ1n) is 9.53. The van der Waals surface area contributed by atoms with Gasteiger partial charge in [-0.25, -0.2) is 4.68 Å². The summed E-state index contributed by atoms with van der Waals surface area (Å²) in [4.78, 5) is 25.4. The minimum atomic E-state index is -0.415. The molecule has 0 radical (unpaired) electrons. The van der Waals surface area contributed by atoms with E-state index >= 15 is 0 Å². The number of amides is 1. The fourth-order valence-corrected chi connectivity index (χ4v) is 3.35. The molecule has 0 bridgehead atoms. The van der Waals surface area contributed by atoms with Crippen molar-refractivity contribution in [1.82, 2.24) is 19.6 Å². The molecule has 9 nitrogen and oxygen atoms in total. The minimum Gasteiger partial charge on any atom is -0.496 e. The van der Waals surface area contributed by atoms with Gasteiger partial charge in [0, 0.05) is 18.7 Å². The van der Waals surface area contributed by atoms with E-state index in [0.717, 1.165) is 10.2 Å². The molecule has 0 unspecified atom stereocenters. The van der Waals surface area contributed by atoms with E-state index in [1.165, 1.54) is 7.11 Å². The van der Waals surface area contributed by atoms with Crippen molar-refractivity contribution in [2.45, 2.75) is 6.54 Å². The molecule has 0 aliphatic rings. The molecule has 0 saturated carbocycles. The van der Waals surface area contributed by atoms with Gasteiger partial charge >= 0.3 is 0 Å². The monoisotopic (exact) mass is 419 g/mol. The van der Waals surface area contributed by atoms with E-state index in [0.29, 0.717) is 28.0 Å². The molecule has 0 atom stereocenters. The second-order valence-electron chi connectivity index (χ2n) is 6.80. The highest BCUT2D eigenvalue weighted by Crippen LogP contribution is 2.30. The number of fused-ring (bicyclic) bond motifs is 1. The summed E-state index contributed by atoms with van der Waals surface area (Å²) in [7, 11) is 4.78. The molecule has 0 fully saturated rings. The number of hydrogen-bond donors (Lipinski definition) is 1. The number of anilines is 1. The molecule has 2 aromatic carbocycles. The summed E-state index contributed by atoms with van der Waals surface area (Å²) in [6.07, 6.45) is 0. The Bertz CT molecular complexity index is 1330. The summed E-state index contributed by atoms with van der Waals surface area (Å²) in [5, 5.41) is 12.4. The number of benzene rings is 2. The van der Waals surface area contributed by atoms with E-state index in [4.69, 9.17) is 9.47 Å². The van der Waals surface area contributed by atoms with Gasteiger partial charge < -0.3 is 14.8 Å². The number of methoxy groups -OCH3 is 2. The van der Waals surface area contributed by atoms with Crippen molar-refractivity contribution >= 4 is 22.5 Å². The van der Waals surface area contributed by atoms with Crippen LogP contribution in [0.2, 0.25) is 0 Å². The molecule has 31 heavy (non-hydrogen) atoms. The number of aryl methyl sites for hydroxylation is 1. The largest absolute Gasteiger partial charge is 0.496 e. The highest BCUT2D eigenvalue weighted by atomic mass is 16.5. The average molecular weight is 419 g/mol. The Morgan fingerprint density at radius 3 is 2.45 bits per heavy atom. The predicted molar refractivity (Wildman–Crippen MR) is 116 cm³/mol. The maximum atomic E-state index is 12.7. The van der Waals surface area contributed by atoms with Gasteiger partial charge in [-0.15, -0.1) is 5.10 Å². The van der Waals surface area contributed by atoms with Crippen LogP contribution in [0.5, 0.6) is 11.6 Å². The van der Waals surface area contributed by atoms with E-state index < -0.39 is 5.91 Å². The first kappa shape index (κ1) is 20.1. The number of carbonyl (C=O) groups excluding carboxylic acids is 1. The van der Waals surface area contributed by atoms with Gasteiger partial charge in [-0.05, 0) is 24.3 Å². The fourth-order valence-electron chi connectivity index (χ4n) is 3.35. The lowest BCUT2D eigenvalue weighted by atomic mass is 10.1. The number of ether oxygens (including phenoxy) is 2. The topological polar surface area (TPSA) is 100 Å². The molecule has 1 N–H and O–H groups in total. The third-order valence-electron chi connectivity index (χ3n) is 4.85. The maximum absolute atomic E-state index is 12.7. The Morgan fingerprint density at radius 2 is 1.71 bits per heavy atom. The predicted octanol–water partition coefficient (Wildman–Crippen LogP) is 2.45. The molecular formula is C22H21N5O4. The van der Waals surface area contributed by atoms with Crippen molar-refractivity contribution in [2.24, 2.45) is 7.05 Å². The minimum absolute atomic E-state index is 0.269. The van der Waals surface area contributed by atoms with E-state index in [1.807, 2.05) is 24.3 Å². The van der Waals surface area contributed by atoms with Gasteiger partial charge in [0.2, 0.25) is 11.8 Å². The fraction of sp³-hybridized carbons (Fsp3) is 0.182. The molecule has 0 spiro atoms. The van der Waals surface area contributed by atoms with Crippen molar-refractivity contribution in [3.63, 3.8) is 0 Å². The highest BCUT2D eigenvalue weighted by molar-refractivity contribution is 5.91. The molecule has 2 heterocycles. The van der Waals surface area contributed by atoms with Gasteiger partial charge in [0.15, 0.2) is 0 Å². The number of para-hydroxylation sites is 1. The number of nitrogens with one attached hydrogen (secondary N) is 1. The smallest absolute Gasteiger partial charge is 0.275 e. The Morgan fingerprint density at radius 1 is 1.00 bits per heavy atom. The number of hydrogen-bond acceptors (Lipinski definition) is 6. The summed E-state index contributed by atoms with van der Waals surface area (Å²) in [6.45, 7) is -0.269. The zero-order valence-corrected chi connectivity index (χ0v) is 17.3. The molecule has 4 rings (SSSR count). The second-order valence-corrected chi connectivity index (χ2v) is 6.80. The third kappa shape index (κ3) is 3.85. The molecule has 0 aliphatic heterocycles. The molecule has 1 amide bonds. The Labute approximate surface area is 177 Å². The van der Waals surface area contributed by atoms with E-state index in [-0.39, 0.29) is 18.0 Å². The lowest BCUT2D eigenvalue weighted by Gasteiger charge is -2.10. The van der Waals surface area contributed by atoms with Crippen molar-refractivity contribution in [1.29, 1.82) is 0 Å². The van der Waals surface area contributed by atoms with Crippen LogP contribution in [0.25, 0.3) is 22.0 Å². The van der Waals surface area contributed by atoms with Crippen LogP contribution in [0.15, 0.2) is 59.4 Å². The van der Waals surface area contributed by atoms with Crippen LogP contribution < -0.4 is 20.3 Å². The maximum Gasteiger partial charge on any atom is 0.275 e. The second kappa shape index (κ2) is 8.31. The molecular weight excluding hydrogens is 398 g/mol. The number of nitrogens with zero attached hydrogens (tertiary/aromatic N) is 4. The van der Waals surface area contributed by atoms with E-state index in [9.17, 15) is 9.59 Å². The van der Waals surface area contributed by atoms with Gasteiger partial charge in [-0.1, -0.05) is 24.3 Å². The standard InChI is InChI=1S/C22H21N5O4/c1-26-19(12-17(24-26)16-10-6-7-11-18(16)30-2)23-20(28)13-27-22(29)15-9-5-4-8-14(15)21(25-27)31-3/h4-12H,13H2,1-3H3,(H,23,28). The molecule has 4 aromatic rings. The third-order valence-corrected chi connectivity index (χ3v) is 4.85. The number of rotatable bonds is 6. The van der Waals surface area contributed by atoms with Crippen LogP contribution in [-0.4, -0.2) is 39.7 Å². The summed E-state index contributed by atoms with van der Waals surface area (Å²) < 4.78 is 13.3. The zero-order valence-electron chi connectivity index (χ0n) is 17.3. The van der Waals surface area contributed by atoms with Crippen LogP contribution in [0.4, 0.5) is 5.82 Å². The van der Waals surface area contributed by atoms with Gasteiger partial charge in [0.1, 0.15) is 18.1 Å². The first-order chi connectivity index (χ1) is 15.0. The van der Waals surface area contributed by atoms with Crippen LogP contribution in [-0.2, 0) is 18.4 Å². The van der Waals surface area contributed by atoms with E-state index in [1.54, 1.807) is 49.2 Å². The average Bonchev–Trinajstić information content (AvgIpc) is 3.15. The quantitative estimate of drug-likeness (QED) is 0.515. The molecule has 2 aromatic heterocycles. The van der Waals surface area contributed by atoms with Crippen molar-refractivity contribution in [3.8, 4) is 22.9 Å². The van der Waals surface area contributed by atoms with Crippen LogP contribution in [0, 0.1) is 0 Å². The van der Waals surface area contributed by atoms with Crippen LogP contribution >= 0.6 is 0 Å². The van der Waals surface area contributed by atoms with Crippen molar-refractivity contribution < 1.29 is 14.3 Å². The van der Waals surface area contributed by atoms with Gasteiger partial charge in [0.25, 0.3) is 5.56 Å². The summed E-state index contributed by atoms with van der Waals surface area (Å²) in [6, 6.07) is 16.2. The van der Waals surface area contributed by atoms with E-state index in [2.05, 4.69) is 15.5 Å². The van der Waals surface area contributed by atoms with Gasteiger partial charge in [0.05, 0.1) is 30.7 Å². The lowest BCUT2D eigenvalue weighted by Crippen LogP contribution is -2.30. The lowest BCUT2D eigenvalue weighted by molar-refractivity contribution is -0.117. The SMILES string of the molecule is COc1ccccc1-c1cc(NC(=O)Cn2nc(OC)c3ccccc3c2=O)n(C)n1. The Kier molecular flexibility index (Phi) is 5.40.